The van der Waals surface area contributed by atoms with Crippen LogP contribution in [-0.4, -0.2) is 65.9 Å². The molecule has 1 aromatic rings. The van der Waals surface area contributed by atoms with E-state index in [1.54, 1.807) is 0 Å². The third kappa shape index (κ3) is 4.58. The van der Waals surface area contributed by atoms with E-state index in [2.05, 4.69) is 9.80 Å². The van der Waals surface area contributed by atoms with Gasteiger partial charge < -0.3 is 15.1 Å². The minimum atomic E-state index is -0.364. The van der Waals surface area contributed by atoms with Crippen molar-refractivity contribution in [1.82, 2.24) is 9.80 Å². The summed E-state index contributed by atoms with van der Waals surface area (Å²) in [6.07, 6.45) is 0.418. The fraction of sp³-hybridized carbons (Fsp3) is 0.600. The molecular weight excluding hydrogens is 240 g/mol. The molecule has 19 heavy (non-hydrogen) atoms. The Bertz CT molecular complexity index is 350. The Balaban J connectivity index is 1.69. The smallest absolute Gasteiger partial charge is 0.0802 e. The lowest BCUT2D eigenvalue weighted by Gasteiger charge is -2.34. The first-order valence-corrected chi connectivity index (χ1v) is 7.08. The summed E-state index contributed by atoms with van der Waals surface area (Å²) in [5.74, 6) is 0. The van der Waals surface area contributed by atoms with Crippen molar-refractivity contribution in [3.63, 3.8) is 0 Å². The maximum Gasteiger partial charge on any atom is 0.0802 e. The fourth-order valence-corrected chi connectivity index (χ4v) is 2.52. The zero-order chi connectivity index (χ0) is 13.5. The third-order valence-corrected chi connectivity index (χ3v) is 3.78. The van der Waals surface area contributed by atoms with E-state index in [9.17, 15) is 5.11 Å². The molecule has 1 fully saturated rings. The van der Waals surface area contributed by atoms with Crippen molar-refractivity contribution < 1.29 is 10.2 Å². The number of rotatable bonds is 6. The summed E-state index contributed by atoms with van der Waals surface area (Å²) in [6.45, 7) is 6.04. The molecule has 2 N–H and O–H groups in total. The topological polar surface area (TPSA) is 46.9 Å². The molecular formula is C15H24N2O2. The molecule has 0 amide bonds. The van der Waals surface area contributed by atoms with Crippen molar-refractivity contribution in [2.45, 2.75) is 12.5 Å². The monoisotopic (exact) mass is 264 g/mol. The Morgan fingerprint density at radius 2 is 1.53 bits per heavy atom. The first kappa shape index (κ1) is 14.5. The number of piperazine rings is 1. The molecule has 0 saturated carbocycles. The number of β-amino-alcohol motifs (C(OH)–C–C–N with tert-alkyl or cyclic N) is 1. The maximum atomic E-state index is 10.1. The number of benzene rings is 1. The first-order chi connectivity index (χ1) is 9.29. The van der Waals surface area contributed by atoms with E-state index in [1.807, 2.05) is 30.3 Å². The van der Waals surface area contributed by atoms with Gasteiger partial charge in [-0.05, 0) is 12.0 Å². The van der Waals surface area contributed by atoms with Crippen LogP contribution in [0.2, 0.25) is 0 Å². The minimum absolute atomic E-state index is 0.243. The molecule has 106 valence electrons. The van der Waals surface area contributed by atoms with Crippen LogP contribution < -0.4 is 0 Å². The van der Waals surface area contributed by atoms with Crippen LogP contribution >= 0.6 is 0 Å². The van der Waals surface area contributed by atoms with E-state index in [0.29, 0.717) is 0 Å². The van der Waals surface area contributed by atoms with E-state index in [-0.39, 0.29) is 12.7 Å². The summed E-state index contributed by atoms with van der Waals surface area (Å²) in [4.78, 5) is 4.67. The van der Waals surface area contributed by atoms with Crippen molar-refractivity contribution in [3.05, 3.63) is 35.9 Å². The summed E-state index contributed by atoms with van der Waals surface area (Å²) in [6, 6.07) is 9.85. The largest absolute Gasteiger partial charge is 0.395 e. The Kier molecular flexibility index (Phi) is 5.79. The van der Waals surface area contributed by atoms with Crippen LogP contribution in [0.25, 0.3) is 0 Å². The molecule has 1 atom stereocenters. The Morgan fingerprint density at radius 3 is 2.11 bits per heavy atom. The molecule has 1 aromatic carbocycles. The second-order valence-corrected chi connectivity index (χ2v) is 5.12. The molecule has 1 aliphatic heterocycles. The maximum absolute atomic E-state index is 10.1. The van der Waals surface area contributed by atoms with E-state index in [0.717, 1.165) is 51.3 Å². The van der Waals surface area contributed by atoms with Crippen LogP contribution in [-0.2, 0) is 0 Å². The van der Waals surface area contributed by atoms with Crippen LogP contribution in [0, 0.1) is 0 Å². The zero-order valence-corrected chi connectivity index (χ0v) is 11.4. The molecule has 4 heteroatoms. The predicted molar refractivity (Wildman–Crippen MR) is 76.0 cm³/mol. The highest BCUT2D eigenvalue weighted by Gasteiger charge is 2.17. The molecule has 0 bridgehead atoms. The third-order valence-electron chi connectivity index (χ3n) is 3.78. The number of hydrogen-bond acceptors (Lipinski definition) is 4. The van der Waals surface area contributed by atoms with Crippen molar-refractivity contribution in [2.75, 3.05) is 45.9 Å². The predicted octanol–water partition coefficient (Wildman–Crippen LogP) is 0.720. The molecule has 1 unspecified atom stereocenters. The standard InChI is InChI=1S/C15H24N2O2/c18-13-12-17-10-8-16(9-11-17)7-6-15(19)14-4-2-1-3-5-14/h1-5,15,18-19H,6-13H2. The van der Waals surface area contributed by atoms with E-state index >= 15 is 0 Å². The number of aliphatic hydroxyl groups excluding tert-OH is 2. The van der Waals surface area contributed by atoms with Crippen LogP contribution in [0.3, 0.4) is 0 Å². The summed E-state index contributed by atoms with van der Waals surface area (Å²) in [7, 11) is 0. The molecule has 0 aliphatic carbocycles. The van der Waals surface area contributed by atoms with Crippen LogP contribution in [0.5, 0.6) is 0 Å². The molecule has 0 radical (unpaired) electrons. The van der Waals surface area contributed by atoms with Crippen LogP contribution in [0.15, 0.2) is 30.3 Å². The van der Waals surface area contributed by atoms with Crippen molar-refractivity contribution >= 4 is 0 Å². The zero-order valence-electron chi connectivity index (χ0n) is 11.4. The summed E-state index contributed by atoms with van der Waals surface area (Å²) in [5.41, 5.74) is 1.00. The van der Waals surface area contributed by atoms with E-state index in [1.165, 1.54) is 0 Å². The summed E-state index contributed by atoms with van der Waals surface area (Å²) >= 11 is 0. The van der Waals surface area contributed by atoms with Crippen molar-refractivity contribution in [3.8, 4) is 0 Å². The molecule has 1 aliphatic rings. The second-order valence-electron chi connectivity index (χ2n) is 5.12. The molecule has 4 nitrogen and oxygen atoms in total. The average molecular weight is 264 g/mol. The lowest BCUT2D eigenvalue weighted by Crippen LogP contribution is -2.47. The molecule has 1 saturated heterocycles. The molecule has 2 rings (SSSR count). The number of nitrogens with zero attached hydrogens (tertiary/aromatic N) is 2. The Morgan fingerprint density at radius 1 is 0.947 bits per heavy atom. The second kappa shape index (κ2) is 7.60. The minimum Gasteiger partial charge on any atom is -0.395 e. The van der Waals surface area contributed by atoms with Crippen molar-refractivity contribution in [2.24, 2.45) is 0 Å². The molecule has 0 aromatic heterocycles. The van der Waals surface area contributed by atoms with Gasteiger partial charge in [0.1, 0.15) is 0 Å². The van der Waals surface area contributed by atoms with Crippen LogP contribution in [0.1, 0.15) is 18.1 Å². The first-order valence-electron chi connectivity index (χ1n) is 7.08. The Hall–Kier alpha value is -0.940. The van der Waals surface area contributed by atoms with E-state index in [4.69, 9.17) is 5.11 Å². The normalized spacial score (nSPS) is 19.5. The van der Waals surface area contributed by atoms with Crippen molar-refractivity contribution in [1.29, 1.82) is 0 Å². The summed E-state index contributed by atoms with van der Waals surface area (Å²) in [5, 5.41) is 19.0. The highest BCUT2D eigenvalue weighted by atomic mass is 16.3. The SMILES string of the molecule is OCCN1CCN(CCC(O)c2ccccc2)CC1. The van der Waals surface area contributed by atoms with Gasteiger partial charge in [0, 0.05) is 39.3 Å². The lowest BCUT2D eigenvalue weighted by molar-refractivity contribution is 0.0924. The van der Waals surface area contributed by atoms with Crippen LogP contribution in [0.4, 0.5) is 0 Å². The van der Waals surface area contributed by atoms with Gasteiger partial charge in [-0.1, -0.05) is 30.3 Å². The lowest BCUT2D eigenvalue weighted by atomic mass is 10.1. The Labute approximate surface area is 115 Å². The van der Waals surface area contributed by atoms with Gasteiger partial charge in [0.2, 0.25) is 0 Å². The average Bonchev–Trinajstić information content (AvgIpc) is 2.47. The molecule has 1 heterocycles. The van der Waals surface area contributed by atoms with Gasteiger partial charge in [-0.15, -0.1) is 0 Å². The van der Waals surface area contributed by atoms with Gasteiger partial charge in [-0.3, -0.25) is 4.90 Å². The highest BCUT2D eigenvalue weighted by molar-refractivity contribution is 5.17. The van der Waals surface area contributed by atoms with Gasteiger partial charge in [0.05, 0.1) is 12.7 Å². The fourth-order valence-electron chi connectivity index (χ4n) is 2.52. The highest BCUT2D eigenvalue weighted by Crippen LogP contribution is 2.16. The summed E-state index contributed by atoms with van der Waals surface area (Å²) < 4.78 is 0. The van der Waals surface area contributed by atoms with Gasteiger partial charge in [0.25, 0.3) is 0 Å². The van der Waals surface area contributed by atoms with Gasteiger partial charge >= 0.3 is 0 Å². The quantitative estimate of drug-likeness (QED) is 0.795. The van der Waals surface area contributed by atoms with Gasteiger partial charge in [0.15, 0.2) is 0 Å². The molecule has 0 spiro atoms. The number of hydrogen-bond donors (Lipinski definition) is 2. The van der Waals surface area contributed by atoms with Gasteiger partial charge in [-0.25, -0.2) is 0 Å². The van der Waals surface area contributed by atoms with E-state index < -0.39 is 0 Å². The number of aliphatic hydroxyl groups is 2. The van der Waals surface area contributed by atoms with Gasteiger partial charge in [-0.2, -0.15) is 0 Å².